The van der Waals surface area contributed by atoms with Gasteiger partial charge in [0.1, 0.15) is 5.69 Å². The summed E-state index contributed by atoms with van der Waals surface area (Å²) in [6.07, 6.45) is 3.60. The van der Waals surface area contributed by atoms with E-state index < -0.39 is 0 Å². The highest BCUT2D eigenvalue weighted by Crippen LogP contribution is 2.30. The average Bonchev–Trinajstić information content (AvgIpc) is 2.92. The Kier molecular flexibility index (Phi) is 4.01. The predicted octanol–water partition coefficient (Wildman–Crippen LogP) is 0.833. The van der Waals surface area contributed by atoms with Crippen LogP contribution >= 0.6 is 0 Å². The van der Waals surface area contributed by atoms with E-state index in [2.05, 4.69) is 10.4 Å². The summed E-state index contributed by atoms with van der Waals surface area (Å²) in [6, 6.07) is 1.81. The van der Waals surface area contributed by atoms with Crippen LogP contribution in [-0.4, -0.2) is 28.8 Å². The van der Waals surface area contributed by atoms with Gasteiger partial charge in [0.05, 0.1) is 5.69 Å². The predicted molar refractivity (Wildman–Crippen MR) is 70.2 cm³/mol. The maximum Gasteiger partial charge on any atom is 0.269 e. The second-order valence-corrected chi connectivity index (χ2v) is 5.19. The molecule has 1 fully saturated rings. The van der Waals surface area contributed by atoms with Gasteiger partial charge in [-0.05, 0) is 44.2 Å². The number of amides is 1. The Hall–Kier alpha value is -1.36. The van der Waals surface area contributed by atoms with Crippen LogP contribution in [0.15, 0.2) is 6.07 Å². The maximum absolute atomic E-state index is 12.0. The van der Waals surface area contributed by atoms with Crippen LogP contribution in [0.1, 0.15) is 35.4 Å². The summed E-state index contributed by atoms with van der Waals surface area (Å²) >= 11 is 0. The lowest BCUT2D eigenvalue weighted by molar-refractivity contribution is 0.0934. The van der Waals surface area contributed by atoms with Crippen molar-refractivity contribution >= 4 is 5.91 Å². The van der Waals surface area contributed by atoms with Crippen molar-refractivity contribution in [2.75, 3.05) is 13.1 Å². The highest BCUT2D eigenvalue weighted by Gasteiger charge is 2.26. The second kappa shape index (κ2) is 5.52. The molecule has 2 rings (SSSR count). The first kappa shape index (κ1) is 13.1. The SMILES string of the molecule is Cc1cc(C(=O)NCC2CCCC2CN)n(C)n1. The van der Waals surface area contributed by atoms with E-state index in [1.807, 2.05) is 13.0 Å². The standard InChI is InChI=1S/C13H22N4O/c1-9-6-12(17(2)16-9)13(18)15-8-11-5-3-4-10(11)7-14/h6,10-11H,3-5,7-8,14H2,1-2H3,(H,15,18). The molecule has 1 amide bonds. The highest BCUT2D eigenvalue weighted by molar-refractivity contribution is 5.92. The second-order valence-electron chi connectivity index (χ2n) is 5.19. The van der Waals surface area contributed by atoms with Gasteiger partial charge in [0.25, 0.3) is 5.91 Å². The third kappa shape index (κ3) is 2.72. The number of hydrogen-bond acceptors (Lipinski definition) is 3. The Labute approximate surface area is 108 Å². The van der Waals surface area contributed by atoms with Crippen LogP contribution in [0.25, 0.3) is 0 Å². The number of nitrogens with two attached hydrogens (primary N) is 1. The molecular formula is C13H22N4O. The van der Waals surface area contributed by atoms with Gasteiger partial charge in [-0.15, -0.1) is 0 Å². The van der Waals surface area contributed by atoms with Crippen LogP contribution in [0.2, 0.25) is 0 Å². The summed E-state index contributed by atoms with van der Waals surface area (Å²) < 4.78 is 1.62. The molecule has 1 heterocycles. The van der Waals surface area contributed by atoms with Gasteiger partial charge in [0.15, 0.2) is 0 Å². The lowest BCUT2D eigenvalue weighted by Gasteiger charge is -2.18. The van der Waals surface area contributed by atoms with E-state index in [9.17, 15) is 4.79 Å². The zero-order chi connectivity index (χ0) is 13.1. The van der Waals surface area contributed by atoms with Crippen molar-refractivity contribution in [3.05, 3.63) is 17.5 Å². The third-order valence-corrected chi connectivity index (χ3v) is 3.88. The van der Waals surface area contributed by atoms with Gasteiger partial charge in [-0.25, -0.2) is 0 Å². The molecular weight excluding hydrogens is 228 g/mol. The fraction of sp³-hybridized carbons (Fsp3) is 0.692. The fourth-order valence-corrected chi connectivity index (χ4v) is 2.83. The quantitative estimate of drug-likeness (QED) is 0.831. The van der Waals surface area contributed by atoms with Crippen LogP contribution in [0.5, 0.6) is 0 Å². The number of carbonyl (C=O) groups excluding carboxylic acids is 1. The van der Waals surface area contributed by atoms with Crippen molar-refractivity contribution < 1.29 is 4.79 Å². The zero-order valence-corrected chi connectivity index (χ0v) is 11.1. The Morgan fingerprint density at radius 1 is 1.56 bits per heavy atom. The summed E-state index contributed by atoms with van der Waals surface area (Å²) in [7, 11) is 1.79. The maximum atomic E-state index is 12.0. The van der Waals surface area contributed by atoms with E-state index in [1.165, 1.54) is 19.3 Å². The van der Waals surface area contributed by atoms with Gasteiger partial charge in [-0.1, -0.05) is 6.42 Å². The number of aryl methyl sites for hydroxylation is 2. The van der Waals surface area contributed by atoms with Crippen LogP contribution in [0.4, 0.5) is 0 Å². The first-order valence-electron chi connectivity index (χ1n) is 6.60. The van der Waals surface area contributed by atoms with E-state index in [1.54, 1.807) is 11.7 Å². The van der Waals surface area contributed by atoms with E-state index in [0.717, 1.165) is 18.8 Å². The van der Waals surface area contributed by atoms with E-state index >= 15 is 0 Å². The van der Waals surface area contributed by atoms with Crippen molar-refractivity contribution in [3.63, 3.8) is 0 Å². The molecule has 1 aliphatic rings. The number of hydrogen-bond donors (Lipinski definition) is 2. The molecule has 1 aromatic heterocycles. The minimum absolute atomic E-state index is 0.0410. The summed E-state index contributed by atoms with van der Waals surface area (Å²) in [5.74, 6) is 1.06. The van der Waals surface area contributed by atoms with Gasteiger partial charge >= 0.3 is 0 Å². The van der Waals surface area contributed by atoms with E-state index in [4.69, 9.17) is 5.73 Å². The van der Waals surface area contributed by atoms with Gasteiger partial charge in [0.2, 0.25) is 0 Å². The number of rotatable bonds is 4. The van der Waals surface area contributed by atoms with Gasteiger partial charge < -0.3 is 11.1 Å². The number of carbonyl (C=O) groups is 1. The van der Waals surface area contributed by atoms with Gasteiger partial charge in [0, 0.05) is 13.6 Å². The molecule has 1 aromatic rings. The molecule has 0 spiro atoms. The smallest absolute Gasteiger partial charge is 0.269 e. The molecule has 1 aliphatic carbocycles. The van der Waals surface area contributed by atoms with Crippen molar-refractivity contribution in [1.82, 2.24) is 15.1 Å². The monoisotopic (exact) mass is 250 g/mol. The zero-order valence-electron chi connectivity index (χ0n) is 11.1. The van der Waals surface area contributed by atoms with Crippen molar-refractivity contribution in [2.45, 2.75) is 26.2 Å². The molecule has 5 nitrogen and oxygen atoms in total. The summed E-state index contributed by atoms with van der Waals surface area (Å²) in [5.41, 5.74) is 7.23. The van der Waals surface area contributed by atoms with Crippen LogP contribution in [0, 0.1) is 18.8 Å². The molecule has 0 aromatic carbocycles. The molecule has 5 heteroatoms. The Morgan fingerprint density at radius 3 is 2.89 bits per heavy atom. The van der Waals surface area contributed by atoms with Gasteiger partial charge in [-0.2, -0.15) is 5.10 Å². The minimum Gasteiger partial charge on any atom is -0.350 e. The Morgan fingerprint density at radius 2 is 2.28 bits per heavy atom. The number of nitrogens with zero attached hydrogens (tertiary/aromatic N) is 2. The lowest BCUT2D eigenvalue weighted by atomic mass is 9.96. The van der Waals surface area contributed by atoms with Gasteiger partial charge in [-0.3, -0.25) is 9.48 Å². The van der Waals surface area contributed by atoms with Crippen molar-refractivity contribution in [3.8, 4) is 0 Å². The molecule has 0 aliphatic heterocycles. The number of nitrogens with one attached hydrogen (secondary N) is 1. The van der Waals surface area contributed by atoms with E-state index in [-0.39, 0.29) is 5.91 Å². The highest BCUT2D eigenvalue weighted by atomic mass is 16.2. The molecule has 100 valence electrons. The van der Waals surface area contributed by atoms with Crippen LogP contribution < -0.4 is 11.1 Å². The first-order valence-corrected chi connectivity index (χ1v) is 6.60. The Balaban J connectivity index is 1.90. The summed E-state index contributed by atoms with van der Waals surface area (Å²) in [6.45, 7) is 3.34. The molecule has 3 N–H and O–H groups in total. The Bertz CT molecular complexity index is 427. The minimum atomic E-state index is -0.0410. The molecule has 2 unspecified atom stereocenters. The largest absolute Gasteiger partial charge is 0.350 e. The molecule has 0 radical (unpaired) electrons. The first-order chi connectivity index (χ1) is 8.61. The number of aromatic nitrogens is 2. The molecule has 2 atom stereocenters. The summed E-state index contributed by atoms with van der Waals surface area (Å²) in [5, 5.41) is 7.18. The van der Waals surface area contributed by atoms with Crippen molar-refractivity contribution in [2.24, 2.45) is 24.6 Å². The topological polar surface area (TPSA) is 72.9 Å². The lowest BCUT2D eigenvalue weighted by Crippen LogP contribution is -2.33. The molecule has 0 bridgehead atoms. The molecule has 0 saturated heterocycles. The van der Waals surface area contributed by atoms with Crippen LogP contribution in [0.3, 0.4) is 0 Å². The normalized spacial score (nSPS) is 23.3. The molecule has 1 saturated carbocycles. The summed E-state index contributed by atoms with van der Waals surface area (Å²) in [4.78, 5) is 12.0. The fourth-order valence-electron chi connectivity index (χ4n) is 2.83. The van der Waals surface area contributed by atoms with Crippen LogP contribution in [-0.2, 0) is 7.05 Å². The third-order valence-electron chi connectivity index (χ3n) is 3.88. The molecule has 18 heavy (non-hydrogen) atoms. The van der Waals surface area contributed by atoms with Crippen molar-refractivity contribution in [1.29, 1.82) is 0 Å². The average molecular weight is 250 g/mol. The van der Waals surface area contributed by atoms with E-state index in [0.29, 0.717) is 17.5 Å².